The van der Waals surface area contributed by atoms with Crippen molar-refractivity contribution in [3.63, 3.8) is 0 Å². The predicted molar refractivity (Wildman–Crippen MR) is 113 cm³/mol. The van der Waals surface area contributed by atoms with Crippen molar-refractivity contribution in [1.29, 1.82) is 0 Å². The van der Waals surface area contributed by atoms with Crippen LogP contribution in [0.1, 0.15) is 19.4 Å². The number of methoxy groups -OCH3 is 2. The first kappa shape index (κ1) is 22.5. The van der Waals surface area contributed by atoms with Crippen LogP contribution in [0.4, 0.5) is 5.69 Å². The number of hydrogen-bond donors (Lipinski definition) is 1. The number of rotatable bonds is 9. The Morgan fingerprint density at radius 3 is 2.21 bits per heavy atom. The molecule has 2 aromatic rings. The maximum absolute atomic E-state index is 13.4. The number of carbonyl (C=O) groups excluding carboxylic acids is 1. The number of hydrogen-bond acceptors (Lipinski definition) is 5. The highest BCUT2D eigenvalue weighted by molar-refractivity contribution is 7.92. The minimum absolute atomic E-state index is 0.00684. The van der Waals surface area contributed by atoms with Gasteiger partial charge in [0.05, 0.1) is 24.8 Å². The van der Waals surface area contributed by atoms with Gasteiger partial charge in [-0.1, -0.05) is 31.5 Å². The van der Waals surface area contributed by atoms with E-state index in [2.05, 4.69) is 5.32 Å². The van der Waals surface area contributed by atoms with Crippen molar-refractivity contribution in [3.05, 3.63) is 48.0 Å². The molecule has 0 aliphatic rings. The van der Waals surface area contributed by atoms with Gasteiger partial charge in [-0.25, -0.2) is 8.42 Å². The molecule has 0 unspecified atom stereocenters. The number of aryl methyl sites for hydroxylation is 1. The Bertz CT molecular complexity index is 940. The zero-order valence-corrected chi connectivity index (χ0v) is 18.2. The number of ether oxygens (including phenoxy) is 2. The molecule has 1 N–H and O–H groups in total. The molecule has 29 heavy (non-hydrogen) atoms. The molecule has 0 saturated carbocycles. The molecule has 0 heterocycles. The van der Waals surface area contributed by atoms with Crippen molar-refractivity contribution < 1.29 is 22.7 Å². The third-order valence-corrected chi connectivity index (χ3v) is 6.03. The lowest BCUT2D eigenvalue weighted by Crippen LogP contribution is -2.41. The van der Waals surface area contributed by atoms with E-state index in [0.717, 1.165) is 9.87 Å². The fraction of sp³-hybridized carbons (Fsp3) is 0.381. The molecule has 0 atom stereocenters. The molecule has 0 bridgehead atoms. The van der Waals surface area contributed by atoms with Crippen LogP contribution in [0.5, 0.6) is 11.5 Å². The van der Waals surface area contributed by atoms with E-state index < -0.39 is 10.0 Å². The van der Waals surface area contributed by atoms with Gasteiger partial charge in [0, 0.05) is 12.6 Å². The molecule has 158 valence electrons. The molecule has 2 aromatic carbocycles. The van der Waals surface area contributed by atoms with E-state index in [-0.39, 0.29) is 23.3 Å². The first-order valence-corrected chi connectivity index (χ1v) is 10.7. The predicted octanol–water partition coefficient (Wildman–Crippen LogP) is 2.98. The number of amides is 1. The highest BCUT2D eigenvalue weighted by atomic mass is 32.2. The van der Waals surface area contributed by atoms with Gasteiger partial charge in [-0.05, 0) is 37.1 Å². The highest BCUT2D eigenvalue weighted by Crippen LogP contribution is 2.32. The van der Waals surface area contributed by atoms with Crippen LogP contribution in [0, 0.1) is 12.8 Å². The molecular weight excluding hydrogens is 392 g/mol. The fourth-order valence-electron chi connectivity index (χ4n) is 2.63. The summed E-state index contributed by atoms with van der Waals surface area (Å²) in [5.41, 5.74) is 1.39. The summed E-state index contributed by atoms with van der Waals surface area (Å²) in [5.74, 6) is 0.599. The van der Waals surface area contributed by atoms with Gasteiger partial charge >= 0.3 is 0 Å². The Hall–Kier alpha value is -2.74. The van der Waals surface area contributed by atoms with Crippen molar-refractivity contribution in [2.24, 2.45) is 5.92 Å². The molecule has 7 nitrogen and oxygen atoms in total. The summed E-state index contributed by atoms with van der Waals surface area (Å²) < 4.78 is 38.3. The van der Waals surface area contributed by atoms with Gasteiger partial charge in [-0.2, -0.15) is 0 Å². The zero-order chi connectivity index (χ0) is 21.6. The van der Waals surface area contributed by atoms with Crippen molar-refractivity contribution in [3.8, 4) is 11.5 Å². The Morgan fingerprint density at radius 2 is 1.66 bits per heavy atom. The van der Waals surface area contributed by atoms with Crippen LogP contribution >= 0.6 is 0 Å². The van der Waals surface area contributed by atoms with Crippen LogP contribution < -0.4 is 19.1 Å². The number of nitrogens with zero attached hydrogens (tertiary/aromatic N) is 1. The Balaban J connectivity index is 2.45. The Kier molecular flexibility index (Phi) is 7.50. The molecule has 0 radical (unpaired) electrons. The number of anilines is 1. The van der Waals surface area contributed by atoms with Crippen LogP contribution in [0.2, 0.25) is 0 Å². The van der Waals surface area contributed by atoms with Crippen LogP contribution in [-0.4, -0.2) is 41.6 Å². The van der Waals surface area contributed by atoms with Gasteiger partial charge in [0.25, 0.3) is 10.0 Å². The standard InChI is InChI=1S/C21H28N2O5S/c1-15(2)13-22-21(24)14-23(17-8-6-16(3)7-9-17)29(25,26)18-10-11-19(27-4)20(12-18)28-5/h6-12,15H,13-14H2,1-5H3,(H,22,24). The third-order valence-electron chi connectivity index (χ3n) is 4.26. The smallest absolute Gasteiger partial charge is 0.264 e. The monoisotopic (exact) mass is 420 g/mol. The van der Waals surface area contributed by atoms with Gasteiger partial charge < -0.3 is 14.8 Å². The van der Waals surface area contributed by atoms with Gasteiger partial charge in [0.1, 0.15) is 6.54 Å². The topological polar surface area (TPSA) is 84.9 Å². The molecule has 0 fully saturated rings. The molecule has 2 rings (SSSR count). The quantitative estimate of drug-likeness (QED) is 0.674. The van der Waals surface area contributed by atoms with E-state index >= 15 is 0 Å². The second kappa shape index (κ2) is 9.65. The molecule has 0 aliphatic heterocycles. The van der Waals surface area contributed by atoms with Crippen molar-refractivity contribution in [1.82, 2.24) is 5.32 Å². The van der Waals surface area contributed by atoms with Gasteiger partial charge in [0.2, 0.25) is 5.91 Å². The van der Waals surface area contributed by atoms with Crippen LogP contribution in [0.15, 0.2) is 47.4 Å². The lowest BCUT2D eigenvalue weighted by Gasteiger charge is -2.25. The van der Waals surface area contributed by atoms with Crippen molar-refractivity contribution in [2.75, 3.05) is 31.6 Å². The largest absolute Gasteiger partial charge is 0.493 e. The minimum atomic E-state index is -4.02. The number of sulfonamides is 1. The second-order valence-electron chi connectivity index (χ2n) is 7.06. The molecule has 0 aliphatic carbocycles. The Labute approximate surface area is 172 Å². The average Bonchev–Trinajstić information content (AvgIpc) is 2.70. The Morgan fingerprint density at radius 1 is 1.03 bits per heavy atom. The maximum Gasteiger partial charge on any atom is 0.264 e. The number of benzene rings is 2. The summed E-state index contributed by atoms with van der Waals surface area (Å²) in [4.78, 5) is 12.4. The maximum atomic E-state index is 13.4. The third kappa shape index (κ3) is 5.63. The van der Waals surface area contributed by atoms with Gasteiger partial charge in [0.15, 0.2) is 11.5 Å². The molecular formula is C21H28N2O5S. The highest BCUT2D eigenvalue weighted by Gasteiger charge is 2.28. The van der Waals surface area contributed by atoms with Crippen LogP contribution in [-0.2, 0) is 14.8 Å². The van der Waals surface area contributed by atoms with Crippen molar-refractivity contribution in [2.45, 2.75) is 25.7 Å². The molecule has 0 spiro atoms. The summed E-state index contributed by atoms with van der Waals surface area (Å²) in [6.07, 6.45) is 0. The van der Waals surface area contributed by atoms with Crippen LogP contribution in [0.25, 0.3) is 0 Å². The lowest BCUT2D eigenvalue weighted by atomic mass is 10.2. The summed E-state index contributed by atoms with van der Waals surface area (Å²) in [6.45, 7) is 5.99. The number of nitrogens with one attached hydrogen (secondary N) is 1. The number of carbonyl (C=O) groups is 1. The van der Waals surface area contributed by atoms with E-state index in [1.54, 1.807) is 24.3 Å². The normalized spacial score (nSPS) is 11.2. The summed E-state index contributed by atoms with van der Waals surface area (Å²) in [6, 6.07) is 11.3. The van der Waals surface area contributed by atoms with Crippen LogP contribution in [0.3, 0.4) is 0 Å². The lowest BCUT2D eigenvalue weighted by molar-refractivity contribution is -0.119. The fourth-order valence-corrected chi connectivity index (χ4v) is 4.07. The minimum Gasteiger partial charge on any atom is -0.493 e. The summed E-state index contributed by atoms with van der Waals surface area (Å²) in [7, 11) is -1.11. The van der Waals surface area contributed by atoms with Gasteiger partial charge in [-0.3, -0.25) is 9.10 Å². The molecule has 0 aromatic heterocycles. The summed E-state index contributed by atoms with van der Waals surface area (Å²) in [5, 5.41) is 2.77. The molecule has 8 heteroatoms. The van der Waals surface area contributed by atoms with Gasteiger partial charge in [-0.15, -0.1) is 0 Å². The van der Waals surface area contributed by atoms with E-state index in [9.17, 15) is 13.2 Å². The first-order chi connectivity index (χ1) is 13.7. The van der Waals surface area contributed by atoms with Crippen molar-refractivity contribution >= 4 is 21.6 Å². The summed E-state index contributed by atoms with van der Waals surface area (Å²) >= 11 is 0. The van der Waals surface area contributed by atoms with E-state index in [4.69, 9.17) is 9.47 Å². The molecule has 0 saturated heterocycles. The SMILES string of the molecule is COc1ccc(S(=O)(=O)N(CC(=O)NCC(C)C)c2ccc(C)cc2)cc1OC. The van der Waals surface area contributed by atoms with E-state index in [0.29, 0.717) is 23.7 Å². The average molecular weight is 421 g/mol. The second-order valence-corrected chi connectivity index (χ2v) is 8.92. The molecule has 1 amide bonds. The first-order valence-electron chi connectivity index (χ1n) is 9.27. The van der Waals surface area contributed by atoms with E-state index in [1.165, 1.54) is 32.4 Å². The zero-order valence-electron chi connectivity index (χ0n) is 17.4. The van der Waals surface area contributed by atoms with E-state index in [1.807, 2.05) is 20.8 Å².